The van der Waals surface area contributed by atoms with Crippen molar-refractivity contribution in [2.45, 2.75) is 31.6 Å². The molecule has 2 N–H and O–H groups in total. The van der Waals surface area contributed by atoms with Crippen LogP contribution < -0.4 is 5.32 Å². The van der Waals surface area contributed by atoms with Gasteiger partial charge in [0.2, 0.25) is 5.89 Å². The van der Waals surface area contributed by atoms with Gasteiger partial charge in [0.1, 0.15) is 12.1 Å². The Morgan fingerprint density at radius 3 is 2.76 bits per heavy atom. The Kier molecular flexibility index (Phi) is 7.05. The van der Waals surface area contributed by atoms with E-state index in [-0.39, 0.29) is 19.0 Å². The molecule has 0 fully saturated rings. The first-order valence-corrected chi connectivity index (χ1v) is 9.19. The van der Waals surface area contributed by atoms with Crippen LogP contribution in [-0.2, 0) is 11.3 Å². The highest BCUT2D eigenvalue weighted by Gasteiger charge is 2.27. The summed E-state index contributed by atoms with van der Waals surface area (Å²) in [5, 5.41) is 16.9. The Morgan fingerprint density at radius 1 is 1.24 bits per heavy atom. The lowest BCUT2D eigenvalue weighted by Crippen LogP contribution is -2.40. The number of nitrogens with zero attached hydrogens (tertiary/aromatic N) is 4. The van der Waals surface area contributed by atoms with Crippen LogP contribution in [0.5, 0.6) is 0 Å². The first-order valence-electron chi connectivity index (χ1n) is 9.19. The Bertz CT molecular complexity index is 952. The number of hydrogen-bond donors (Lipinski definition) is 2. The summed E-state index contributed by atoms with van der Waals surface area (Å²) in [6, 6.07) is 15.7. The van der Waals surface area contributed by atoms with Crippen LogP contribution in [0.2, 0.25) is 0 Å². The fourth-order valence-corrected chi connectivity index (χ4v) is 2.84. The lowest BCUT2D eigenvalue weighted by molar-refractivity contribution is 0.0827. The first-order chi connectivity index (χ1) is 14.2. The lowest BCUT2D eigenvalue weighted by Gasteiger charge is -2.21. The fourth-order valence-electron chi connectivity index (χ4n) is 2.84. The minimum atomic E-state index is -1.18. The van der Waals surface area contributed by atoms with Gasteiger partial charge in [0.25, 0.3) is 0 Å². The number of aliphatic hydroxyl groups is 1. The number of aliphatic hydroxyl groups excluding tert-OH is 1. The number of carbonyl (C=O) groups is 1. The van der Waals surface area contributed by atoms with Crippen LogP contribution in [0.1, 0.15) is 30.4 Å². The Hall–Kier alpha value is -3.55. The number of para-hydroxylation sites is 2. The molecule has 0 saturated carbocycles. The molecule has 3 rings (SSSR count). The van der Waals surface area contributed by atoms with Gasteiger partial charge in [-0.1, -0.05) is 47.6 Å². The van der Waals surface area contributed by atoms with E-state index in [0.29, 0.717) is 23.9 Å². The number of fused-ring (bicyclic) bond motifs is 1. The monoisotopic (exact) mass is 395 g/mol. The van der Waals surface area contributed by atoms with E-state index in [0.717, 1.165) is 5.56 Å². The largest absolute Gasteiger partial charge is 0.445 e. The van der Waals surface area contributed by atoms with Crippen molar-refractivity contribution in [1.82, 2.24) is 10.3 Å². The smallest absolute Gasteiger partial charge is 0.407 e. The number of benzene rings is 2. The molecule has 0 radical (unpaired) electrons. The highest BCUT2D eigenvalue weighted by Crippen LogP contribution is 2.24. The zero-order valence-electron chi connectivity index (χ0n) is 15.6. The molecule has 0 aliphatic carbocycles. The van der Waals surface area contributed by atoms with Crippen LogP contribution in [0, 0.1) is 0 Å². The molecule has 0 saturated heterocycles. The average Bonchev–Trinajstić information content (AvgIpc) is 3.19. The van der Waals surface area contributed by atoms with Crippen LogP contribution >= 0.6 is 0 Å². The van der Waals surface area contributed by atoms with E-state index in [2.05, 4.69) is 20.3 Å². The number of aromatic nitrogens is 1. The van der Waals surface area contributed by atoms with Gasteiger partial charge in [-0.2, -0.15) is 0 Å². The zero-order valence-corrected chi connectivity index (χ0v) is 15.6. The summed E-state index contributed by atoms with van der Waals surface area (Å²) in [7, 11) is 0. The third-order valence-electron chi connectivity index (χ3n) is 4.30. The number of nitrogens with one attached hydrogen (secondary N) is 1. The average molecular weight is 395 g/mol. The molecule has 29 heavy (non-hydrogen) atoms. The second-order valence-corrected chi connectivity index (χ2v) is 6.37. The van der Waals surface area contributed by atoms with E-state index in [4.69, 9.17) is 14.7 Å². The number of azide groups is 1. The van der Waals surface area contributed by atoms with E-state index in [1.165, 1.54) is 0 Å². The quantitative estimate of drug-likeness (QED) is 0.242. The van der Waals surface area contributed by atoms with Crippen LogP contribution in [-0.4, -0.2) is 28.8 Å². The standard InChI is InChI=1S/C20H21N5O4/c21-25-22-12-6-10-16(24-20(27)28-13-14-7-2-1-3-8-14)18(26)19-23-15-9-4-5-11-17(15)29-19/h1-5,7-9,11,16,18,26H,6,10,12-13H2,(H,24,27)/t16-,18?/m0/s1. The van der Waals surface area contributed by atoms with E-state index < -0.39 is 18.2 Å². The van der Waals surface area contributed by atoms with Gasteiger partial charge in [-0.05, 0) is 36.1 Å². The molecule has 0 aliphatic rings. The topological polar surface area (TPSA) is 133 Å². The third-order valence-corrected chi connectivity index (χ3v) is 4.30. The Labute approximate surface area is 166 Å². The van der Waals surface area contributed by atoms with Crippen molar-refractivity contribution in [2.24, 2.45) is 5.11 Å². The van der Waals surface area contributed by atoms with Crippen molar-refractivity contribution in [2.75, 3.05) is 6.54 Å². The number of rotatable bonds is 9. The summed E-state index contributed by atoms with van der Waals surface area (Å²) in [6.07, 6.45) is -1.04. The number of amides is 1. The normalized spacial score (nSPS) is 12.7. The summed E-state index contributed by atoms with van der Waals surface area (Å²) in [6.45, 7) is 0.352. The van der Waals surface area contributed by atoms with E-state index in [9.17, 15) is 9.90 Å². The molecule has 2 aromatic carbocycles. The zero-order chi connectivity index (χ0) is 20.5. The van der Waals surface area contributed by atoms with Gasteiger partial charge in [-0.15, -0.1) is 0 Å². The van der Waals surface area contributed by atoms with Crippen molar-refractivity contribution in [3.05, 3.63) is 76.5 Å². The SMILES string of the molecule is [N-]=[N+]=NCCC[C@H](NC(=O)OCc1ccccc1)C(O)c1nc2ccccc2o1. The fraction of sp³-hybridized carbons (Fsp3) is 0.300. The van der Waals surface area contributed by atoms with Crippen LogP contribution in [0.4, 0.5) is 4.79 Å². The first kappa shape index (κ1) is 20.2. The van der Waals surface area contributed by atoms with Crippen LogP contribution in [0.25, 0.3) is 21.5 Å². The molecule has 9 nitrogen and oxygen atoms in total. The molecule has 0 spiro atoms. The predicted molar refractivity (Wildman–Crippen MR) is 106 cm³/mol. The van der Waals surface area contributed by atoms with Crippen molar-refractivity contribution < 1.29 is 19.1 Å². The highest BCUT2D eigenvalue weighted by molar-refractivity contribution is 5.72. The molecule has 3 aromatic rings. The van der Waals surface area contributed by atoms with E-state index in [1.807, 2.05) is 36.4 Å². The van der Waals surface area contributed by atoms with Gasteiger partial charge in [0, 0.05) is 11.5 Å². The Morgan fingerprint density at radius 2 is 2.00 bits per heavy atom. The van der Waals surface area contributed by atoms with Gasteiger partial charge in [-0.3, -0.25) is 0 Å². The van der Waals surface area contributed by atoms with E-state index in [1.54, 1.807) is 18.2 Å². The summed E-state index contributed by atoms with van der Waals surface area (Å²) in [4.78, 5) is 19.2. The second kappa shape index (κ2) is 10.1. The third kappa shape index (κ3) is 5.71. The summed E-state index contributed by atoms with van der Waals surface area (Å²) >= 11 is 0. The van der Waals surface area contributed by atoms with Crippen molar-refractivity contribution in [1.29, 1.82) is 0 Å². The van der Waals surface area contributed by atoms with Gasteiger partial charge < -0.3 is 19.6 Å². The molecule has 1 amide bonds. The molecular weight excluding hydrogens is 374 g/mol. The number of hydrogen-bond acceptors (Lipinski definition) is 6. The molecule has 0 aliphatic heterocycles. The summed E-state index contributed by atoms with van der Waals surface area (Å²) < 4.78 is 10.9. The van der Waals surface area contributed by atoms with Crippen molar-refractivity contribution in [3.8, 4) is 0 Å². The molecule has 1 aromatic heterocycles. The summed E-state index contributed by atoms with van der Waals surface area (Å²) in [5.74, 6) is 0.100. The number of oxazole rings is 1. The Balaban J connectivity index is 1.67. The van der Waals surface area contributed by atoms with Crippen molar-refractivity contribution >= 4 is 17.2 Å². The van der Waals surface area contributed by atoms with Gasteiger partial charge in [0.15, 0.2) is 11.7 Å². The number of ether oxygens (including phenoxy) is 1. The lowest BCUT2D eigenvalue weighted by atomic mass is 10.1. The van der Waals surface area contributed by atoms with Gasteiger partial charge in [0.05, 0.1) is 6.04 Å². The molecule has 150 valence electrons. The van der Waals surface area contributed by atoms with Crippen LogP contribution in [0.3, 0.4) is 0 Å². The molecular formula is C20H21N5O4. The molecule has 1 heterocycles. The van der Waals surface area contributed by atoms with Crippen LogP contribution in [0.15, 0.2) is 64.1 Å². The summed E-state index contributed by atoms with van der Waals surface area (Å²) in [5.41, 5.74) is 10.4. The van der Waals surface area contributed by atoms with Crippen molar-refractivity contribution in [3.63, 3.8) is 0 Å². The molecule has 9 heteroatoms. The maximum absolute atomic E-state index is 12.2. The predicted octanol–water partition coefficient (Wildman–Crippen LogP) is 4.25. The highest BCUT2D eigenvalue weighted by atomic mass is 16.5. The minimum absolute atomic E-state index is 0.100. The molecule has 1 unspecified atom stereocenters. The number of carbonyl (C=O) groups excluding carboxylic acids is 1. The maximum Gasteiger partial charge on any atom is 0.407 e. The second-order valence-electron chi connectivity index (χ2n) is 6.37. The van der Waals surface area contributed by atoms with Gasteiger partial charge >= 0.3 is 6.09 Å². The number of alkyl carbamates (subject to hydrolysis) is 1. The molecule has 2 atom stereocenters. The van der Waals surface area contributed by atoms with Gasteiger partial charge in [-0.25, -0.2) is 9.78 Å². The maximum atomic E-state index is 12.2. The minimum Gasteiger partial charge on any atom is -0.445 e. The van der Waals surface area contributed by atoms with E-state index >= 15 is 0 Å². The molecule has 0 bridgehead atoms.